The predicted octanol–water partition coefficient (Wildman–Crippen LogP) is 1.08. The van der Waals surface area contributed by atoms with Gasteiger partial charge < -0.3 is 14.8 Å². The van der Waals surface area contributed by atoms with Gasteiger partial charge in [-0.1, -0.05) is 36.4 Å². The lowest BCUT2D eigenvalue weighted by Gasteiger charge is -2.08. The van der Waals surface area contributed by atoms with E-state index < -0.39 is 12.9 Å². The Labute approximate surface area is 105 Å². The van der Waals surface area contributed by atoms with E-state index in [-0.39, 0.29) is 12.4 Å². The number of rotatable bonds is 4. The summed E-state index contributed by atoms with van der Waals surface area (Å²) in [5.74, 6) is -0.247. The van der Waals surface area contributed by atoms with Gasteiger partial charge in [-0.15, -0.1) is 0 Å². The van der Waals surface area contributed by atoms with Gasteiger partial charge in [-0.2, -0.15) is 0 Å². The third kappa shape index (κ3) is 3.09. The summed E-state index contributed by atoms with van der Waals surface area (Å²) in [4.78, 5) is 0. The summed E-state index contributed by atoms with van der Waals surface area (Å²) in [7, 11) is -1.52. The molecular formula is C13H12BFO3. The molecule has 2 aromatic rings. The van der Waals surface area contributed by atoms with Gasteiger partial charge in [0.15, 0.2) is 11.6 Å². The maximum atomic E-state index is 13.3. The number of para-hydroxylation sites is 1. The molecule has 5 heteroatoms. The smallest absolute Gasteiger partial charge is 0.486 e. The van der Waals surface area contributed by atoms with Crippen molar-refractivity contribution in [3.8, 4) is 5.75 Å². The lowest BCUT2D eigenvalue weighted by Crippen LogP contribution is -2.29. The molecule has 0 amide bonds. The minimum atomic E-state index is -1.52. The van der Waals surface area contributed by atoms with Gasteiger partial charge >= 0.3 is 7.12 Å². The van der Waals surface area contributed by atoms with Crippen molar-refractivity contribution in [3.05, 3.63) is 59.9 Å². The number of halogens is 1. The summed E-state index contributed by atoms with van der Waals surface area (Å²) in [6, 6.07) is 12.8. The van der Waals surface area contributed by atoms with Crippen molar-refractivity contribution >= 4 is 12.6 Å². The van der Waals surface area contributed by atoms with Crippen molar-refractivity contribution in [3.63, 3.8) is 0 Å². The fourth-order valence-corrected chi connectivity index (χ4v) is 1.57. The van der Waals surface area contributed by atoms with E-state index >= 15 is 0 Å². The first-order chi connectivity index (χ1) is 8.66. The Hall–Kier alpha value is -1.85. The summed E-state index contributed by atoms with van der Waals surface area (Å²) in [6.45, 7) is 0.168. The van der Waals surface area contributed by atoms with Crippen molar-refractivity contribution in [2.75, 3.05) is 0 Å². The molecule has 3 nitrogen and oxygen atoms in total. The highest BCUT2D eigenvalue weighted by Crippen LogP contribution is 2.16. The van der Waals surface area contributed by atoms with Gasteiger partial charge in [0.25, 0.3) is 0 Å². The topological polar surface area (TPSA) is 49.7 Å². The average Bonchev–Trinajstić information content (AvgIpc) is 2.38. The highest BCUT2D eigenvalue weighted by Gasteiger charge is 2.11. The van der Waals surface area contributed by atoms with Gasteiger partial charge in [-0.3, -0.25) is 0 Å². The maximum absolute atomic E-state index is 13.3. The Kier molecular flexibility index (Phi) is 3.97. The first kappa shape index (κ1) is 12.6. The summed E-state index contributed by atoms with van der Waals surface area (Å²) in [5.41, 5.74) is 1.12. The molecule has 2 N–H and O–H groups in total. The Bertz CT molecular complexity index is 531. The second-order valence-electron chi connectivity index (χ2n) is 3.84. The van der Waals surface area contributed by atoms with Crippen LogP contribution in [0.1, 0.15) is 5.56 Å². The molecule has 0 fully saturated rings. The van der Waals surface area contributed by atoms with E-state index in [0.717, 1.165) is 5.56 Å². The van der Waals surface area contributed by atoms with Gasteiger partial charge in [0.05, 0.1) is 0 Å². The first-order valence-corrected chi connectivity index (χ1v) is 5.49. The van der Waals surface area contributed by atoms with Crippen molar-refractivity contribution < 1.29 is 19.2 Å². The first-order valence-electron chi connectivity index (χ1n) is 5.49. The van der Waals surface area contributed by atoms with Crippen molar-refractivity contribution in [1.29, 1.82) is 0 Å². The van der Waals surface area contributed by atoms with Gasteiger partial charge in [-0.25, -0.2) is 4.39 Å². The number of ether oxygens (including phenoxy) is 1. The zero-order valence-electron chi connectivity index (χ0n) is 9.58. The summed E-state index contributed by atoms with van der Waals surface area (Å²) >= 11 is 0. The molecule has 0 atom stereocenters. The van der Waals surface area contributed by atoms with E-state index in [1.165, 1.54) is 6.07 Å². The number of hydrogen-bond acceptors (Lipinski definition) is 3. The Morgan fingerprint density at radius 2 is 1.83 bits per heavy atom. The molecule has 0 saturated heterocycles. The second-order valence-corrected chi connectivity index (χ2v) is 3.84. The van der Waals surface area contributed by atoms with Crippen LogP contribution >= 0.6 is 0 Å². The summed E-state index contributed by atoms with van der Waals surface area (Å²) < 4.78 is 18.6. The fraction of sp³-hybridized carbons (Fsp3) is 0.0769. The zero-order valence-corrected chi connectivity index (χ0v) is 9.58. The number of benzene rings is 2. The van der Waals surface area contributed by atoms with Crippen molar-refractivity contribution in [2.45, 2.75) is 6.61 Å². The molecule has 2 aromatic carbocycles. The standard InChI is InChI=1S/C13H12BFO3/c15-12-6-1-2-7-13(12)18-9-10-4-3-5-11(8-10)14(16)17/h1-8,16-17H,9H2. The van der Waals surface area contributed by atoms with Crippen LogP contribution in [0.4, 0.5) is 4.39 Å². The molecule has 18 heavy (non-hydrogen) atoms. The lowest BCUT2D eigenvalue weighted by atomic mass is 9.80. The molecule has 0 aliphatic carbocycles. The monoisotopic (exact) mass is 246 g/mol. The molecule has 0 spiro atoms. The third-order valence-corrected chi connectivity index (χ3v) is 2.48. The average molecular weight is 246 g/mol. The fourth-order valence-electron chi connectivity index (χ4n) is 1.57. The molecule has 0 aromatic heterocycles. The highest BCUT2D eigenvalue weighted by molar-refractivity contribution is 6.58. The quantitative estimate of drug-likeness (QED) is 0.794. The van der Waals surface area contributed by atoms with Gasteiger partial charge in [0.1, 0.15) is 6.61 Å². The molecule has 2 rings (SSSR count). The van der Waals surface area contributed by atoms with Crippen LogP contribution in [-0.2, 0) is 6.61 Å². The van der Waals surface area contributed by atoms with Gasteiger partial charge in [-0.05, 0) is 23.2 Å². The van der Waals surface area contributed by atoms with Crippen molar-refractivity contribution in [2.24, 2.45) is 0 Å². The van der Waals surface area contributed by atoms with E-state index in [4.69, 9.17) is 14.8 Å². The molecule has 0 aliphatic heterocycles. The van der Waals surface area contributed by atoms with Crippen LogP contribution in [0.2, 0.25) is 0 Å². The normalized spacial score (nSPS) is 10.2. The molecule has 0 radical (unpaired) electrons. The molecule has 0 heterocycles. The van der Waals surface area contributed by atoms with E-state index in [9.17, 15) is 4.39 Å². The largest absolute Gasteiger partial charge is 0.488 e. The van der Waals surface area contributed by atoms with Gasteiger partial charge in [0.2, 0.25) is 0 Å². The minimum absolute atomic E-state index is 0.168. The summed E-state index contributed by atoms with van der Waals surface area (Å²) in [6.07, 6.45) is 0. The Balaban J connectivity index is 2.07. The van der Waals surface area contributed by atoms with Gasteiger partial charge in [0, 0.05) is 0 Å². The Morgan fingerprint density at radius 1 is 1.06 bits per heavy atom. The molecule has 0 bridgehead atoms. The minimum Gasteiger partial charge on any atom is -0.486 e. The van der Waals surface area contributed by atoms with Crippen LogP contribution in [-0.4, -0.2) is 17.2 Å². The van der Waals surface area contributed by atoms with E-state index in [0.29, 0.717) is 5.46 Å². The summed E-state index contributed by atoms with van der Waals surface area (Å²) in [5, 5.41) is 18.1. The molecule has 92 valence electrons. The molecule has 0 aliphatic rings. The molecule has 0 unspecified atom stereocenters. The SMILES string of the molecule is OB(O)c1cccc(COc2ccccc2F)c1. The predicted molar refractivity (Wildman–Crippen MR) is 67.0 cm³/mol. The molecular weight excluding hydrogens is 234 g/mol. The zero-order chi connectivity index (χ0) is 13.0. The lowest BCUT2D eigenvalue weighted by molar-refractivity contribution is 0.290. The van der Waals surface area contributed by atoms with Crippen LogP contribution in [0.15, 0.2) is 48.5 Å². The van der Waals surface area contributed by atoms with E-state index in [1.807, 2.05) is 0 Å². The van der Waals surface area contributed by atoms with Crippen LogP contribution in [0.25, 0.3) is 0 Å². The number of hydrogen-bond donors (Lipinski definition) is 2. The highest BCUT2D eigenvalue weighted by atomic mass is 19.1. The van der Waals surface area contributed by atoms with Crippen LogP contribution in [0.5, 0.6) is 5.75 Å². The second kappa shape index (κ2) is 5.66. The van der Waals surface area contributed by atoms with Crippen LogP contribution in [0.3, 0.4) is 0 Å². The van der Waals surface area contributed by atoms with Crippen molar-refractivity contribution in [1.82, 2.24) is 0 Å². The molecule has 0 saturated carbocycles. The Morgan fingerprint density at radius 3 is 2.56 bits per heavy atom. The maximum Gasteiger partial charge on any atom is 0.488 e. The van der Waals surface area contributed by atoms with E-state index in [2.05, 4.69) is 0 Å². The van der Waals surface area contributed by atoms with Crippen LogP contribution < -0.4 is 10.2 Å². The van der Waals surface area contributed by atoms with E-state index in [1.54, 1.807) is 42.5 Å². The van der Waals surface area contributed by atoms with Crippen LogP contribution in [0, 0.1) is 5.82 Å². The third-order valence-electron chi connectivity index (χ3n) is 2.48.